The van der Waals surface area contributed by atoms with Crippen LogP contribution in [0.15, 0.2) is 33.6 Å². The van der Waals surface area contributed by atoms with E-state index in [4.69, 9.17) is 21.1 Å². The Kier molecular flexibility index (Phi) is 5.01. The molecule has 11 heteroatoms. The maximum Gasteiger partial charge on any atom is 0.356 e. The zero-order valence-corrected chi connectivity index (χ0v) is 21.5. The number of carbonyl (C=O) groups is 1. The van der Waals surface area contributed by atoms with Gasteiger partial charge >= 0.3 is 5.97 Å². The molecule has 1 atom stereocenters. The highest BCUT2D eigenvalue weighted by atomic mass is 35.5. The first-order valence-electron chi connectivity index (χ1n) is 12.0. The van der Waals surface area contributed by atoms with E-state index in [-0.39, 0.29) is 33.3 Å². The molecule has 10 nitrogen and oxygen atoms in total. The molecule has 0 saturated heterocycles. The minimum absolute atomic E-state index is 0.0960. The molecule has 2 bridgehead atoms. The normalized spacial score (nSPS) is 22.8. The highest BCUT2D eigenvalue weighted by Crippen LogP contribution is 2.73. The van der Waals surface area contributed by atoms with E-state index >= 15 is 0 Å². The second-order valence-corrected chi connectivity index (χ2v) is 10.9. The minimum Gasteiger partial charge on any atom is -0.476 e. The van der Waals surface area contributed by atoms with Crippen LogP contribution in [0.4, 0.5) is 5.69 Å². The van der Waals surface area contributed by atoms with Crippen molar-refractivity contribution in [3.8, 4) is 0 Å². The van der Waals surface area contributed by atoms with E-state index in [2.05, 4.69) is 20.4 Å². The number of hydrogen-bond donors (Lipinski definition) is 2. The SMILES string of the molecule is Cc1cc([C@@H](C)Nc2ccc(Cl)nc2C(=O)O)c2nc(C34CC(c5noc(C)n5)(C3)C4)n(C)c(=O)c2c1. The molecule has 3 aliphatic carbocycles. The van der Waals surface area contributed by atoms with E-state index in [1.807, 2.05) is 26.0 Å². The first-order valence-corrected chi connectivity index (χ1v) is 12.4. The third-order valence-electron chi connectivity index (χ3n) is 7.76. The van der Waals surface area contributed by atoms with Gasteiger partial charge in [0.25, 0.3) is 5.56 Å². The maximum absolute atomic E-state index is 13.5. The minimum atomic E-state index is -1.19. The number of fused-ring (bicyclic) bond motifs is 1. The van der Waals surface area contributed by atoms with Crippen molar-refractivity contribution in [2.24, 2.45) is 7.05 Å². The molecule has 37 heavy (non-hydrogen) atoms. The fourth-order valence-electron chi connectivity index (χ4n) is 6.16. The van der Waals surface area contributed by atoms with Crippen LogP contribution in [0.1, 0.15) is 71.4 Å². The molecule has 3 heterocycles. The fraction of sp³-hybridized carbons (Fsp3) is 0.385. The number of hydrogen-bond acceptors (Lipinski definition) is 8. The van der Waals surface area contributed by atoms with Gasteiger partial charge in [0.05, 0.1) is 22.6 Å². The molecule has 1 aromatic carbocycles. The smallest absolute Gasteiger partial charge is 0.356 e. The Balaban J connectivity index is 1.40. The topological polar surface area (TPSA) is 136 Å². The highest BCUT2D eigenvalue weighted by Gasteiger charge is 2.72. The van der Waals surface area contributed by atoms with Crippen LogP contribution < -0.4 is 10.9 Å². The Hall–Kier alpha value is -3.79. The largest absolute Gasteiger partial charge is 0.476 e. The van der Waals surface area contributed by atoms with E-state index in [1.54, 1.807) is 24.6 Å². The van der Waals surface area contributed by atoms with Crippen molar-refractivity contribution < 1.29 is 14.4 Å². The molecular formula is C26H25ClN6O4. The zero-order chi connectivity index (χ0) is 26.3. The molecule has 3 aromatic heterocycles. The van der Waals surface area contributed by atoms with Gasteiger partial charge in [-0.25, -0.2) is 14.8 Å². The summed E-state index contributed by atoms with van der Waals surface area (Å²) in [7, 11) is 1.78. The molecule has 0 aliphatic heterocycles. The third-order valence-corrected chi connectivity index (χ3v) is 7.97. The lowest BCUT2D eigenvalue weighted by Crippen LogP contribution is -2.69. The van der Waals surface area contributed by atoms with Crippen molar-refractivity contribution in [3.05, 3.63) is 74.1 Å². The summed E-state index contributed by atoms with van der Waals surface area (Å²) >= 11 is 5.92. The highest BCUT2D eigenvalue weighted by molar-refractivity contribution is 6.29. The van der Waals surface area contributed by atoms with E-state index in [9.17, 15) is 14.7 Å². The molecule has 0 unspecified atom stereocenters. The number of carboxylic acids is 1. The summed E-state index contributed by atoms with van der Waals surface area (Å²) in [4.78, 5) is 38.7. The summed E-state index contributed by atoms with van der Waals surface area (Å²) in [6, 6.07) is 6.59. The first-order chi connectivity index (χ1) is 17.5. The predicted octanol–water partition coefficient (Wildman–Crippen LogP) is 4.23. The number of benzene rings is 1. The van der Waals surface area contributed by atoms with Crippen molar-refractivity contribution in [2.75, 3.05) is 5.32 Å². The van der Waals surface area contributed by atoms with Crippen molar-refractivity contribution in [1.29, 1.82) is 0 Å². The molecule has 0 spiro atoms. The number of aromatic carboxylic acids is 1. The molecule has 4 aromatic rings. The van der Waals surface area contributed by atoms with Gasteiger partial charge in [-0.15, -0.1) is 0 Å². The summed E-state index contributed by atoms with van der Waals surface area (Å²) in [6.07, 6.45) is 2.45. The summed E-state index contributed by atoms with van der Waals surface area (Å²) in [5.74, 6) is 0.852. The van der Waals surface area contributed by atoms with Gasteiger partial charge in [0.1, 0.15) is 11.0 Å². The molecular weight excluding hydrogens is 496 g/mol. The molecule has 7 rings (SSSR count). The lowest BCUT2D eigenvalue weighted by atomic mass is 9.34. The van der Waals surface area contributed by atoms with Gasteiger partial charge in [0.15, 0.2) is 11.5 Å². The fourth-order valence-corrected chi connectivity index (χ4v) is 6.31. The summed E-state index contributed by atoms with van der Waals surface area (Å²) < 4.78 is 6.86. The van der Waals surface area contributed by atoms with Crippen molar-refractivity contribution in [1.82, 2.24) is 24.7 Å². The summed E-state index contributed by atoms with van der Waals surface area (Å²) in [5.41, 5.74) is 2.07. The monoisotopic (exact) mass is 520 g/mol. The number of carboxylic acid groups (broad SMARTS) is 1. The Morgan fingerprint density at radius 3 is 2.54 bits per heavy atom. The number of aromatic nitrogens is 5. The number of nitrogens with one attached hydrogen (secondary N) is 1. The van der Waals surface area contributed by atoms with E-state index in [1.165, 1.54) is 6.07 Å². The summed E-state index contributed by atoms with van der Waals surface area (Å²) in [6.45, 7) is 5.61. The number of nitrogens with zero attached hydrogens (tertiary/aromatic N) is 5. The van der Waals surface area contributed by atoms with Gasteiger partial charge in [-0.2, -0.15) is 4.98 Å². The number of halogens is 1. The molecule has 3 aliphatic rings. The lowest BCUT2D eigenvalue weighted by molar-refractivity contribution is -0.0846. The van der Waals surface area contributed by atoms with Crippen molar-refractivity contribution >= 4 is 34.2 Å². The van der Waals surface area contributed by atoms with Crippen LogP contribution in [0, 0.1) is 13.8 Å². The Morgan fingerprint density at radius 1 is 1.16 bits per heavy atom. The molecule has 2 N–H and O–H groups in total. The summed E-state index contributed by atoms with van der Waals surface area (Å²) in [5, 5.41) is 17.6. The van der Waals surface area contributed by atoms with Crippen molar-refractivity contribution in [2.45, 2.75) is 56.9 Å². The Bertz CT molecular complexity index is 1660. The van der Waals surface area contributed by atoms with Crippen LogP contribution in [0.2, 0.25) is 5.15 Å². The van der Waals surface area contributed by atoms with Gasteiger partial charge in [0.2, 0.25) is 5.89 Å². The van der Waals surface area contributed by atoms with Crippen LogP contribution in [-0.4, -0.2) is 35.8 Å². The van der Waals surface area contributed by atoms with Crippen LogP contribution >= 0.6 is 11.6 Å². The van der Waals surface area contributed by atoms with Gasteiger partial charge in [-0.1, -0.05) is 22.8 Å². The average molecular weight is 521 g/mol. The molecule has 0 radical (unpaired) electrons. The van der Waals surface area contributed by atoms with E-state index in [0.29, 0.717) is 22.5 Å². The molecule has 190 valence electrons. The van der Waals surface area contributed by atoms with Crippen LogP contribution in [0.25, 0.3) is 10.9 Å². The zero-order valence-electron chi connectivity index (χ0n) is 20.8. The van der Waals surface area contributed by atoms with Crippen LogP contribution in [-0.2, 0) is 17.9 Å². The predicted molar refractivity (Wildman–Crippen MR) is 136 cm³/mol. The van der Waals surface area contributed by atoms with E-state index in [0.717, 1.165) is 42.0 Å². The molecule has 3 fully saturated rings. The van der Waals surface area contributed by atoms with Gasteiger partial charge in [-0.3, -0.25) is 9.36 Å². The van der Waals surface area contributed by atoms with Crippen molar-refractivity contribution in [3.63, 3.8) is 0 Å². The number of rotatable bonds is 6. The van der Waals surface area contributed by atoms with Crippen LogP contribution in [0.5, 0.6) is 0 Å². The van der Waals surface area contributed by atoms with Crippen LogP contribution in [0.3, 0.4) is 0 Å². The number of pyridine rings is 1. The molecule has 0 amide bonds. The second kappa shape index (κ2) is 7.85. The lowest BCUT2D eigenvalue weighted by Gasteiger charge is -2.68. The van der Waals surface area contributed by atoms with Gasteiger partial charge < -0.3 is 14.9 Å². The second-order valence-electron chi connectivity index (χ2n) is 10.5. The number of aryl methyl sites for hydroxylation is 2. The first kappa shape index (κ1) is 23.6. The third kappa shape index (κ3) is 3.46. The molecule has 3 saturated carbocycles. The quantitative estimate of drug-likeness (QED) is 0.358. The van der Waals surface area contributed by atoms with Gasteiger partial charge in [-0.05, 0) is 56.9 Å². The van der Waals surface area contributed by atoms with E-state index < -0.39 is 5.97 Å². The average Bonchev–Trinajstić information content (AvgIpc) is 3.22. The standard InChI is InChI=1S/C26H25ClN6O4/c1-12-7-15(13(2)28-17-5-6-18(27)30-20(17)22(35)36)19-16(8-12)21(34)33(4)24(31-19)26-9-25(10-26,11-26)23-29-14(3)37-32-23/h5-8,13,28H,9-11H2,1-4H3,(H,35,36)/t13-,25?,26?/m1/s1. The number of anilines is 1. The maximum atomic E-state index is 13.5. The Morgan fingerprint density at radius 2 is 1.89 bits per heavy atom. The van der Waals surface area contributed by atoms with Gasteiger partial charge in [0, 0.05) is 30.4 Å². The Labute approximate surface area is 216 Å².